The van der Waals surface area contributed by atoms with E-state index in [-0.39, 0.29) is 0 Å². The zero-order valence-corrected chi connectivity index (χ0v) is 13.4. The zero-order valence-electron chi connectivity index (χ0n) is 13.4. The van der Waals surface area contributed by atoms with Gasteiger partial charge in [0.1, 0.15) is 12.0 Å². The topological polar surface area (TPSA) is 78.2 Å². The fourth-order valence-corrected chi connectivity index (χ4v) is 2.61. The van der Waals surface area contributed by atoms with Crippen LogP contribution in [0.25, 0.3) is 10.9 Å². The number of aromatic nitrogens is 2. The molecule has 6 heteroatoms. The van der Waals surface area contributed by atoms with Gasteiger partial charge in [-0.05, 0) is 24.5 Å². The van der Waals surface area contributed by atoms with Crippen LogP contribution in [-0.2, 0) is 13.0 Å². The first kappa shape index (κ1) is 15.1. The van der Waals surface area contributed by atoms with Gasteiger partial charge in [-0.1, -0.05) is 23.4 Å². The molecular weight excluding hydrogens is 290 g/mol. The molecule has 0 bridgehead atoms. The highest BCUT2D eigenvalue weighted by Gasteiger charge is 2.06. The van der Waals surface area contributed by atoms with E-state index in [1.807, 2.05) is 6.07 Å². The lowest BCUT2D eigenvalue weighted by atomic mass is 10.1. The van der Waals surface area contributed by atoms with Crippen LogP contribution in [0.3, 0.4) is 0 Å². The molecule has 3 rings (SSSR count). The maximum absolute atomic E-state index is 4.81. The van der Waals surface area contributed by atoms with Crippen molar-refractivity contribution in [1.29, 1.82) is 0 Å². The van der Waals surface area contributed by atoms with E-state index < -0.39 is 0 Å². The third kappa shape index (κ3) is 3.53. The molecule has 120 valence electrons. The predicted octanol–water partition coefficient (Wildman–Crippen LogP) is 2.37. The van der Waals surface area contributed by atoms with Crippen LogP contribution in [0, 0.1) is 6.92 Å². The SMILES string of the molecule is CN=C(NCCc1c[nH]c2c(C)cccc12)NCc1ccon1. The molecule has 0 unspecified atom stereocenters. The summed E-state index contributed by atoms with van der Waals surface area (Å²) >= 11 is 0. The van der Waals surface area contributed by atoms with Crippen LogP contribution < -0.4 is 10.6 Å². The summed E-state index contributed by atoms with van der Waals surface area (Å²) in [6.45, 7) is 3.51. The van der Waals surface area contributed by atoms with E-state index in [0.29, 0.717) is 6.54 Å². The number of hydrogen-bond donors (Lipinski definition) is 3. The second-order valence-electron chi connectivity index (χ2n) is 5.40. The van der Waals surface area contributed by atoms with Crippen LogP contribution in [0.4, 0.5) is 0 Å². The van der Waals surface area contributed by atoms with Crippen molar-refractivity contribution in [3.63, 3.8) is 0 Å². The molecule has 0 aliphatic carbocycles. The van der Waals surface area contributed by atoms with Crippen LogP contribution in [0.2, 0.25) is 0 Å². The maximum Gasteiger partial charge on any atom is 0.191 e. The summed E-state index contributed by atoms with van der Waals surface area (Å²) in [5.74, 6) is 0.754. The number of rotatable bonds is 5. The average Bonchev–Trinajstić information content (AvgIpc) is 3.21. The van der Waals surface area contributed by atoms with Crippen molar-refractivity contribution < 1.29 is 4.52 Å². The maximum atomic E-state index is 4.81. The van der Waals surface area contributed by atoms with Crippen molar-refractivity contribution in [1.82, 2.24) is 20.8 Å². The molecular formula is C17H21N5O. The summed E-state index contributed by atoms with van der Waals surface area (Å²) in [4.78, 5) is 7.57. The van der Waals surface area contributed by atoms with E-state index in [1.54, 1.807) is 13.3 Å². The number of aryl methyl sites for hydroxylation is 1. The van der Waals surface area contributed by atoms with Crippen molar-refractivity contribution >= 4 is 16.9 Å². The highest BCUT2D eigenvalue weighted by atomic mass is 16.5. The first-order valence-electron chi connectivity index (χ1n) is 7.67. The second-order valence-corrected chi connectivity index (χ2v) is 5.40. The smallest absolute Gasteiger partial charge is 0.191 e. The van der Waals surface area contributed by atoms with E-state index in [9.17, 15) is 0 Å². The van der Waals surface area contributed by atoms with Crippen LogP contribution in [0.15, 0.2) is 46.2 Å². The van der Waals surface area contributed by atoms with Gasteiger partial charge in [0.15, 0.2) is 5.96 Å². The van der Waals surface area contributed by atoms with Crippen LogP contribution in [0.1, 0.15) is 16.8 Å². The summed E-state index contributed by atoms with van der Waals surface area (Å²) in [5.41, 5.74) is 4.64. The molecule has 3 aromatic rings. The Morgan fingerprint density at radius 2 is 2.22 bits per heavy atom. The van der Waals surface area contributed by atoms with Gasteiger partial charge >= 0.3 is 0 Å². The van der Waals surface area contributed by atoms with E-state index in [1.165, 1.54) is 22.0 Å². The molecule has 0 saturated heterocycles. The molecule has 0 saturated carbocycles. The highest BCUT2D eigenvalue weighted by molar-refractivity contribution is 5.86. The Morgan fingerprint density at radius 3 is 3.00 bits per heavy atom. The van der Waals surface area contributed by atoms with E-state index in [0.717, 1.165) is 24.6 Å². The van der Waals surface area contributed by atoms with Gasteiger partial charge in [0, 0.05) is 36.8 Å². The van der Waals surface area contributed by atoms with E-state index in [2.05, 4.69) is 57.1 Å². The van der Waals surface area contributed by atoms with Gasteiger partial charge in [-0.3, -0.25) is 4.99 Å². The number of nitrogens with zero attached hydrogens (tertiary/aromatic N) is 2. The minimum Gasteiger partial charge on any atom is -0.364 e. The Morgan fingerprint density at radius 1 is 1.30 bits per heavy atom. The van der Waals surface area contributed by atoms with Gasteiger partial charge in [0.2, 0.25) is 0 Å². The minimum absolute atomic E-state index is 0.586. The second kappa shape index (κ2) is 7.00. The number of H-pyrrole nitrogens is 1. The molecule has 0 atom stereocenters. The van der Waals surface area contributed by atoms with Crippen molar-refractivity contribution in [3.05, 3.63) is 53.5 Å². The van der Waals surface area contributed by atoms with E-state index >= 15 is 0 Å². The first-order valence-corrected chi connectivity index (χ1v) is 7.67. The molecule has 2 heterocycles. The van der Waals surface area contributed by atoms with Gasteiger partial charge in [0.05, 0.1) is 6.54 Å². The third-order valence-electron chi connectivity index (χ3n) is 3.85. The van der Waals surface area contributed by atoms with Crippen LogP contribution >= 0.6 is 0 Å². The Labute approximate surface area is 135 Å². The van der Waals surface area contributed by atoms with Crippen molar-refractivity contribution in [2.24, 2.45) is 4.99 Å². The van der Waals surface area contributed by atoms with Gasteiger partial charge in [-0.2, -0.15) is 0 Å². The number of aliphatic imine (C=N–C) groups is 1. The molecule has 3 N–H and O–H groups in total. The lowest BCUT2D eigenvalue weighted by Crippen LogP contribution is -2.37. The number of nitrogens with one attached hydrogen (secondary N) is 3. The number of para-hydroxylation sites is 1. The minimum atomic E-state index is 0.586. The van der Waals surface area contributed by atoms with Gasteiger partial charge < -0.3 is 20.1 Å². The molecule has 0 aliphatic rings. The lowest BCUT2D eigenvalue weighted by molar-refractivity contribution is 0.410. The number of guanidine groups is 1. The van der Waals surface area contributed by atoms with Gasteiger partial charge in [-0.15, -0.1) is 0 Å². The van der Waals surface area contributed by atoms with Crippen LogP contribution in [-0.4, -0.2) is 29.7 Å². The number of fused-ring (bicyclic) bond motifs is 1. The predicted molar refractivity (Wildman–Crippen MR) is 91.4 cm³/mol. The van der Waals surface area contributed by atoms with Gasteiger partial charge in [0.25, 0.3) is 0 Å². The quantitative estimate of drug-likeness (QED) is 0.499. The van der Waals surface area contributed by atoms with Crippen LogP contribution in [0.5, 0.6) is 0 Å². The number of hydrogen-bond acceptors (Lipinski definition) is 3. The first-order chi connectivity index (χ1) is 11.3. The Hall–Kier alpha value is -2.76. The summed E-state index contributed by atoms with van der Waals surface area (Å²) in [5, 5.41) is 11.7. The fourth-order valence-electron chi connectivity index (χ4n) is 2.61. The van der Waals surface area contributed by atoms with E-state index in [4.69, 9.17) is 4.52 Å². The molecule has 2 aromatic heterocycles. The molecule has 0 aliphatic heterocycles. The number of benzene rings is 1. The molecule has 6 nitrogen and oxygen atoms in total. The normalized spacial score (nSPS) is 11.8. The zero-order chi connectivity index (χ0) is 16.1. The third-order valence-corrected chi connectivity index (χ3v) is 3.85. The summed E-state index contributed by atoms with van der Waals surface area (Å²) in [6.07, 6.45) is 4.57. The summed E-state index contributed by atoms with van der Waals surface area (Å²) in [7, 11) is 1.76. The fraction of sp³-hybridized carbons (Fsp3) is 0.294. The molecule has 0 amide bonds. The van der Waals surface area contributed by atoms with Crippen molar-refractivity contribution in [3.8, 4) is 0 Å². The molecule has 0 fully saturated rings. The highest BCUT2D eigenvalue weighted by Crippen LogP contribution is 2.21. The monoisotopic (exact) mass is 311 g/mol. The van der Waals surface area contributed by atoms with Crippen molar-refractivity contribution in [2.45, 2.75) is 19.9 Å². The average molecular weight is 311 g/mol. The number of aromatic amines is 1. The molecule has 1 aromatic carbocycles. The summed E-state index contributed by atoms with van der Waals surface area (Å²) < 4.78 is 4.81. The Bertz CT molecular complexity index is 789. The molecule has 0 spiro atoms. The van der Waals surface area contributed by atoms with Crippen molar-refractivity contribution in [2.75, 3.05) is 13.6 Å². The van der Waals surface area contributed by atoms with Gasteiger partial charge in [-0.25, -0.2) is 0 Å². The standard InChI is InChI=1S/C17H21N5O/c1-12-4-3-5-15-13(10-20-16(12)15)6-8-19-17(18-2)21-11-14-7-9-23-22-14/h3-5,7,9-10,20H,6,8,11H2,1-2H3,(H2,18,19,21). The molecule has 23 heavy (non-hydrogen) atoms. The molecule has 0 radical (unpaired) electrons. The Kier molecular flexibility index (Phi) is 4.61. The summed E-state index contributed by atoms with van der Waals surface area (Å²) in [6, 6.07) is 8.21. The largest absolute Gasteiger partial charge is 0.364 e. The Balaban J connectivity index is 1.54. The lowest BCUT2D eigenvalue weighted by Gasteiger charge is -2.10.